The average Bonchev–Trinajstić information content (AvgIpc) is 2.29. The minimum atomic E-state index is -0.224. The summed E-state index contributed by atoms with van der Waals surface area (Å²) in [6.07, 6.45) is 0.974. The van der Waals surface area contributed by atoms with Crippen molar-refractivity contribution < 1.29 is 14.6 Å². The molecular weight excluding hydrogens is 224 g/mol. The van der Waals surface area contributed by atoms with Crippen molar-refractivity contribution in [2.75, 3.05) is 7.11 Å². The maximum Gasteiger partial charge on any atom is 0.305 e. The lowest BCUT2D eigenvalue weighted by Crippen LogP contribution is -2.02. The van der Waals surface area contributed by atoms with Gasteiger partial charge in [-0.15, -0.1) is 0 Å². The first-order valence-electron chi connectivity index (χ1n) is 5.07. The first kappa shape index (κ1) is 12.9. The molecular formula is C12H16O3S. The van der Waals surface area contributed by atoms with E-state index in [2.05, 4.69) is 17.4 Å². The Morgan fingerprint density at radius 1 is 1.50 bits per heavy atom. The van der Waals surface area contributed by atoms with Crippen molar-refractivity contribution in [2.24, 2.45) is 0 Å². The molecule has 0 aromatic heterocycles. The number of thiol groups is 1. The first-order chi connectivity index (χ1) is 7.58. The van der Waals surface area contributed by atoms with Crippen molar-refractivity contribution in [1.82, 2.24) is 0 Å². The van der Waals surface area contributed by atoms with E-state index < -0.39 is 0 Å². The molecule has 0 unspecified atom stereocenters. The lowest BCUT2D eigenvalue weighted by Gasteiger charge is -2.08. The zero-order chi connectivity index (χ0) is 12.1. The SMILES string of the molecule is COC(=O)CCc1cc(C)c(O)c(CS)c1. The van der Waals surface area contributed by atoms with Crippen molar-refractivity contribution in [2.45, 2.75) is 25.5 Å². The Balaban J connectivity index is 2.81. The van der Waals surface area contributed by atoms with E-state index in [1.165, 1.54) is 7.11 Å². The van der Waals surface area contributed by atoms with Crippen molar-refractivity contribution >= 4 is 18.6 Å². The van der Waals surface area contributed by atoms with Gasteiger partial charge in [-0.25, -0.2) is 0 Å². The minimum absolute atomic E-state index is 0.224. The van der Waals surface area contributed by atoms with Gasteiger partial charge in [-0.05, 0) is 24.5 Å². The Labute approximate surface area is 101 Å². The molecule has 0 spiro atoms. The topological polar surface area (TPSA) is 46.5 Å². The second kappa shape index (κ2) is 5.80. The number of hydrogen-bond donors (Lipinski definition) is 2. The van der Waals surface area contributed by atoms with Crippen LogP contribution in [-0.4, -0.2) is 18.2 Å². The summed E-state index contributed by atoms with van der Waals surface area (Å²) < 4.78 is 4.58. The van der Waals surface area contributed by atoms with Crippen LogP contribution in [0.1, 0.15) is 23.1 Å². The molecule has 0 bridgehead atoms. The summed E-state index contributed by atoms with van der Waals surface area (Å²) in [6, 6.07) is 3.75. The Morgan fingerprint density at radius 2 is 2.19 bits per heavy atom. The number of esters is 1. The third-order valence-corrected chi connectivity index (χ3v) is 2.80. The molecule has 0 radical (unpaired) electrons. The van der Waals surface area contributed by atoms with E-state index in [1.807, 2.05) is 19.1 Å². The second-order valence-electron chi connectivity index (χ2n) is 3.65. The van der Waals surface area contributed by atoms with Crippen LogP contribution in [0.15, 0.2) is 12.1 Å². The number of hydrogen-bond acceptors (Lipinski definition) is 4. The molecule has 0 saturated carbocycles. The number of rotatable bonds is 4. The first-order valence-corrected chi connectivity index (χ1v) is 5.70. The van der Waals surface area contributed by atoms with Crippen LogP contribution in [0.3, 0.4) is 0 Å². The van der Waals surface area contributed by atoms with Crippen LogP contribution in [0.2, 0.25) is 0 Å². The summed E-state index contributed by atoms with van der Waals surface area (Å²) >= 11 is 4.15. The highest BCUT2D eigenvalue weighted by Gasteiger charge is 2.07. The van der Waals surface area contributed by atoms with Crippen LogP contribution in [-0.2, 0) is 21.7 Å². The number of methoxy groups -OCH3 is 1. The molecule has 1 rings (SSSR count). The third-order valence-electron chi connectivity index (χ3n) is 2.46. The molecule has 1 aromatic rings. The number of carbonyl (C=O) groups excluding carboxylic acids is 1. The minimum Gasteiger partial charge on any atom is -0.507 e. The Hall–Kier alpha value is -1.16. The average molecular weight is 240 g/mol. The van der Waals surface area contributed by atoms with Gasteiger partial charge in [-0.1, -0.05) is 12.1 Å². The van der Waals surface area contributed by atoms with Gasteiger partial charge in [0.1, 0.15) is 5.75 Å². The molecule has 16 heavy (non-hydrogen) atoms. The van der Waals surface area contributed by atoms with Crippen LogP contribution >= 0.6 is 12.6 Å². The molecule has 3 nitrogen and oxygen atoms in total. The smallest absolute Gasteiger partial charge is 0.305 e. The number of phenolic OH excluding ortho intramolecular Hbond substituents is 1. The number of aromatic hydroxyl groups is 1. The predicted octanol–water partition coefficient (Wildman–Crippen LogP) is 2.24. The molecule has 0 amide bonds. The van der Waals surface area contributed by atoms with Gasteiger partial charge in [0.25, 0.3) is 0 Å². The molecule has 0 aliphatic heterocycles. The summed E-state index contributed by atoms with van der Waals surface area (Å²) in [7, 11) is 1.38. The van der Waals surface area contributed by atoms with Crippen molar-refractivity contribution in [1.29, 1.82) is 0 Å². The van der Waals surface area contributed by atoms with Gasteiger partial charge < -0.3 is 9.84 Å². The molecule has 0 atom stereocenters. The van der Waals surface area contributed by atoms with Gasteiger partial charge in [-0.3, -0.25) is 4.79 Å². The lowest BCUT2D eigenvalue weighted by molar-refractivity contribution is -0.140. The monoisotopic (exact) mass is 240 g/mol. The van der Waals surface area contributed by atoms with E-state index in [-0.39, 0.29) is 11.7 Å². The van der Waals surface area contributed by atoms with Gasteiger partial charge in [0.15, 0.2) is 0 Å². The molecule has 0 fully saturated rings. The summed E-state index contributed by atoms with van der Waals surface area (Å²) in [5.74, 6) is 0.550. The van der Waals surface area contributed by atoms with E-state index >= 15 is 0 Å². The molecule has 0 saturated heterocycles. The van der Waals surface area contributed by atoms with Crippen LogP contribution in [0.5, 0.6) is 5.75 Å². The van der Waals surface area contributed by atoms with Crippen LogP contribution in [0.25, 0.3) is 0 Å². The zero-order valence-corrected chi connectivity index (χ0v) is 10.4. The van der Waals surface area contributed by atoms with Gasteiger partial charge in [0.05, 0.1) is 7.11 Å². The van der Waals surface area contributed by atoms with Gasteiger partial charge in [0.2, 0.25) is 0 Å². The highest BCUT2D eigenvalue weighted by atomic mass is 32.1. The van der Waals surface area contributed by atoms with E-state index in [1.54, 1.807) is 0 Å². The van der Waals surface area contributed by atoms with Gasteiger partial charge in [-0.2, -0.15) is 12.6 Å². The molecule has 88 valence electrons. The fourth-order valence-corrected chi connectivity index (χ4v) is 1.79. The molecule has 1 aromatic carbocycles. The van der Waals surface area contributed by atoms with Crippen molar-refractivity contribution in [3.8, 4) is 5.75 Å². The van der Waals surface area contributed by atoms with Crippen LogP contribution in [0, 0.1) is 6.92 Å². The van der Waals surface area contributed by atoms with Gasteiger partial charge in [0, 0.05) is 17.7 Å². The zero-order valence-electron chi connectivity index (χ0n) is 9.49. The fraction of sp³-hybridized carbons (Fsp3) is 0.417. The highest BCUT2D eigenvalue weighted by Crippen LogP contribution is 2.25. The lowest BCUT2D eigenvalue weighted by atomic mass is 10.0. The standard InChI is InChI=1S/C12H16O3S/c1-8-5-9(3-4-11(13)15-2)6-10(7-16)12(8)14/h5-6,14,16H,3-4,7H2,1-2H3. The van der Waals surface area contributed by atoms with Crippen LogP contribution < -0.4 is 0 Å². The van der Waals surface area contributed by atoms with E-state index in [4.69, 9.17) is 0 Å². The largest absolute Gasteiger partial charge is 0.507 e. The molecule has 0 aliphatic carbocycles. The summed E-state index contributed by atoms with van der Waals surface area (Å²) in [5, 5.41) is 9.71. The number of benzene rings is 1. The molecule has 0 aliphatic rings. The molecule has 0 heterocycles. The Bertz CT molecular complexity index is 388. The van der Waals surface area contributed by atoms with E-state index in [0.717, 1.165) is 16.7 Å². The normalized spacial score (nSPS) is 10.2. The molecule has 4 heteroatoms. The Kier molecular flexibility index (Phi) is 4.68. The maximum absolute atomic E-state index is 11.0. The summed E-state index contributed by atoms with van der Waals surface area (Å²) in [4.78, 5) is 11.0. The number of aryl methyl sites for hydroxylation is 2. The van der Waals surface area contributed by atoms with Crippen LogP contribution in [0.4, 0.5) is 0 Å². The van der Waals surface area contributed by atoms with Crippen molar-refractivity contribution in [3.63, 3.8) is 0 Å². The number of phenols is 1. The van der Waals surface area contributed by atoms with Crippen molar-refractivity contribution in [3.05, 3.63) is 28.8 Å². The Morgan fingerprint density at radius 3 is 2.75 bits per heavy atom. The molecule has 1 N–H and O–H groups in total. The maximum atomic E-state index is 11.0. The van der Waals surface area contributed by atoms with E-state index in [9.17, 15) is 9.90 Å². The van der Waals surface area contributed by atoms with Gasteiger partial charge >= 0.3 is 5.97 Å². The third kappa shape index (κ3) is 3.17. The quantitative estimate of drug-likeness (QED) is 0.626. The number of ether oxygens (including phenoxy) is 1. The highest BCUT2D eigenvalue weighted by molar-refractivity contribution is 7.79. The predicted molar refractivity (Wildman–Crippen MR) is 65.9 cm³/mol. The van der Waals surface area contributed by atoms with E-state index in [0.29, 0.717) is 18.6 Å². The summed E-state index contributed by atoms with van der Waals surface area (Å²) in [5.41, 5.74) is 2.62. The summed E-state index contributed by atoms with van der Waals surface area (Å²) in [6.45, 7) is 1.84. The fourth-order valence-electron chi connectivity index (χ4n) is 1.55. The number of carbonyl (C=O) groups is 1. The second-order valence-corrected chi connectivity index (χ2v) is 3.97.